The smallest absolute Gasteiger partial charge is 0.275 e. The molecule has 4 rings (SSSR count). The highest BCUT2D eigenvalue weighted by molar-refractivity contribution is 7.16. The molecule has 0 unspecified atom stereocenters. The highest BCUT2D eigenvalue weighted by Crippen LogP contribution is 2.28. The zero-order valence-corrected chi connectivity index (χ0v) is 13.8. The minimum atomic E-state index is -0.0870. The molecule has 6 heteroatoms. The van der Waals surface area contributed by atoms with Gasteiger partial charge in [0.05, 0.1) is 12.2 Å². The van der Waals surface area contributed by atoms with E-state index in [1.807, 2.05) is 0 Å². The van der Waals surface area contributed by atoms with Gasteiger partial charge in [-0.25, -0.2) is 4.98 Å². The van der Waals surface area contributed by atoms with Crippen molar-refractivity contribution in [2.75, 3.05) is 11.4 Å². The van der Waals surface area contributed by atoms with E-state index in [-0.39, 0.29) is 5.56 Å². The number of para-hydroxylation sites is 1. The van der Waals surface area contributed by atoms with Crippen molar-refractivity contribution < 1.29 is 0 Å². The molecule has 1 aromatic carbocycles. The minimum Gasteiger partial charge on any atom is -0.365 e. The normalized spacial score (nSPS) is 13.7. The number of fused-ring (bicyclic) bond motifs is 2. The van der Waals surface area contributed by atoms with Crippen LogP contribution in [0, 0.1) is 0 Å². The molecule has 0 saturated carbocycles. The Morgan fingerprint density at radius 2 is 2.17 bits per heavy atom. The van der Waals surface area contributed by atoms with Crippen molar-refractivity contribution in [2.24, 2.45) is 0 Å². The van der Waals surface area contributed by atoms with E-state index in [2.05, 4.69) is 46.2 Å². The molecule has 0 spiro atoms. The Balaban J connectivity index is 1.66. The van der Waals surface area contributed by atoms with Gasteiger partial charge in [0.2, 0.25) is 4.96 Å². The van der Waals surface area contributed by atoms with Crippen molar-refractivity contribution in [1.29, 1.82) is 0 Å². The van der Waals surface area contributed by atoms with Gasteiger partial charge in [0.25, 0.3) is 5.56 Å². The van der Waals surface area contributed by atoms with Crippen LogP contribution in [0.15, 0.2) is 35.1 Å². The lowest BCUT2D eigenvalue weighted by Gasteiger charge is -2.18. The highest BCUT2D eigenvalue weighted by Gasteiger charge is 2.19. The fourth-order valence-corrected chi connectivity index (χ4v) is 4.08. The van der Waals surface area contributed by atoms with Crippen molar-refractivity contribution in [3.05, 3.63) is 57.0 Å². The molecule has 0 aliphatic carbocycles. The first-order valence-electron chi connectivity index (χ1n) is 7.96. The van der Waals surface area contributed by atoms with Crippen LogP contribution in [-0.2, 0) is 19.4 Å². The second-order valence-electron chi connectivity index (χ2n) is 5.83. The number of benzene rings is 1. The number of nitrogens with zero attached hydrogens (tertiary/aromatic N) is 4. The van der Waals surface area contributed by atoms with Gasteiger partial charge in [-0.1, -0.05) is 36.5 Å². The molecule has 2 aromatic heterocycles. The molecule has 0 saturated heterocycles. The summed E-state index contributed by atoms with van der Waals surface area (Å²) in [6.07, 6.45) is 2.97. The third kappa shape index (κ3) is 2.63. The lowest BCUT2D eigenvalue weighted by Crippen LogP contribution is -2.23. The number of hydrogen-bond donors (Lipinski definition) is 0. The first-order valence-corrected chi connectivity index (χ1v) is 8.78. The predicted molar refractivity (Wildman–Crippen MR) is 92.3 cm³/mol. The second kappa shape index (κ2) is 5.77. The molecule has 1 aliphatic heterocycles. The predicted octanol–water partition coefficient (Wildman–Crippen LogP) is 2.67. The van der Waals surface area contributed by atoms with Crippen molar-refractivity contribution in [1.82, 2.24) is 14.6 Å². The van der Waals surface area contributed by atoms with E-state index in [1.165, 1.54) is 27.1 Å². The molecule has 0 fully saturated rings. The van der Waals surface area contributed by atoms with Crippen LogP contribution < -0.4 is 10.5 Å². The van der Waals surface area contributed by atoms with Crippen LogP contribution in [0.4, 0.5) is 5.69 Å². The Hall–Kier alpha value is -2.21. The van der Waals surface area contributed by atoms with Crippen molar-refractivity contribution in [2.45, 2.75) is 32.7 Å². The Morgan fingerprint density at radius 3 is 3.04 bits per heavy atom. The molecule has 0 radical (unpaired) electrons. The Morgan fingerprint density at radius 1 is 1.30 bits per heavy atom. The average molecular weight is 326 g/mol. The summed E-state index contributed by atoms with van der Waals surface area (Å²) in [4.78, 5) is 19.9. The quantitative estimate of drug-likeness (QED) is 0.740. The van der Waals surface area contributed by atoms with Gasteiger partial charge in [0.1, 0.15) is 5.01 Å². The molecule has 23 heavy (non-hydrogen) atoms. The summed E-state index contributed by atoms with van der Waals surface area (Å²) in [7, 11) is 0. The van der Waals surface area contributed by atoms with Crippen LogP contribution >= 0.6 is 11.3 Å². The summed E-state index contributed by atoms with van der Waals surface area (Å²) in [6, 6.07) is 10.1. The van der Waals surface area contributed by atoms with Crippen LogP contribution in [0.2, 0.25) is 0 Å². The monoisotopic (exact) mass is 326 g/mol. The van der Waals surface area contributed by atoms with Gasteiger partial charge >= 0.3 is 0 Å². The maximum Gasteiger partial charge on any atom is 0.275 e. The Bertz CT molecular complexity index is 914. The molecule has 1 aliphatic rings. The third-order valence-corrected chi connectivity index (χ3v) is 5.11. The van der Waals surface area contributed by atoms with Gasteiger partial charge < -0.3 is 4.90 Å². The average Bonchev–Trinajstić information content (AvgIpc) is 3.13. The number of rotatable bonds is 4. The summed E-state index contributed by atoms with van der Waals surface area (Å²) in [5.41, 5.74) is 3.35. The summed E-state index contributed by atoms with van der Waals surface area (Å²) < 4.78 is 1.43. The second-order valence-corrected chi connectivity index (χ2v) is 6.87. The van der Waals surface area contributed by atoms with Gasteiger partial charge in [-0.3, -0.25) is 4.79 Å². The lowest BCUT2D eigenvalue weighted by atomic mass is 10.2. The van der Waals surface area contributed by atoms with E-state index in [9.17, 15) is 4.79 Å². The van der Waals surface area contributed by atoms with E-state index in [1.54, 1.807) is 6.07 Å². The summed E-state index contributed by atoms with van der Waals surface area (Å²) >= 11 is 1.52. The fourth-order valence-electron chi connectivity index (χ4n) is 3.06. The van der Waals surface area contributed by atoms with Gasteiger partial charge in [-0.2, -0.15) is 9.61 Å². The maximum absolute atomic E-state index is 12.3. The molecular formula is C17H18N4OS. The van der Waals surface area contributed by atoms with Crippen LogP contribution in [0.25, 0.3) is 4.96 Å². The molecule has 0 atom stereocenters. The van der Waals surface area contributed by atoms with Gasteiger partial charge in [-0.05, 0) is 24.5 Å². The largest absolute Gasteiger partial charge is 0.365 e. The molecule has 5 nitrogen and oxygen atoms in total. The Kier molecular flexibility index (Phi) is 3.61. The number of aromatic nitrogens is 3. The summed E-state index contributed by atoms with van der Waals surface area (Å²) in [6.45, 7) is 3.76. The number of hydrogen-bond acceptors (Lipinski definition) is 5. The SMILES string of the molecule is CCCc1nn2c(=O)cc(CN3CCc4ccccc43)nc2s1. The summed E-state index contributed by atoms with van der Waals surface area (Å²) in [5.74, 6) is 0. The zero-order valence-electron chi connectivity index (χ0n) is 13.0. The first kappa shape index (κ1) is 14.4. The number of anilines is 1. The molecule has 0 bridgehead atoms. The van der Waals surface area contributed by atoms with Crippen LogP contribution in [0.5, 0.6) is 0 Å². The topological polar surface area (TPSA) is 50.5 Å². The Labute approximate surface area is 138 Å². The van der Waals surface area contributed by atoms with E-state index in [4.69, 9.17) is 0 Å². The first-order chi connectivity index (χ1) is 11.2. The van der Waals surface area contributed by atoms with E-state index in [0.717, 1.165) is 36.5 Å². The zero-order chi connectivity index (χ0) is 15.8. The van der Waals surface area contributed by atoms with Gasteiger partial charge in [-0.15, -0.1) is 0 Å². The van der Waals surface area contributed by atoms with E-state index >= 15 is 0 Å². The molecule has 3 aromatic rings. The van der Waals surface area contributed by atoms with Crippen molar-refractivity contribution in [3.63, 3.8) is 0 Å². The van der Waals surface area contributed by atoms with Crippen LogP contribution in [0.1, 0.15) is 29.6 Å². The van der Waals surface area contributed by atoms with Crippen LogP contribution in [-0.4, -0.2) is 21.1 Å². The standard InChI is InChI=1S/C17H18N4OS/c1-2-5-15-19-21-16(22)10-13(18-17(21)23-15)11-20-9-8-12-6-3-4-7-14(12)20/h3-4,6-7,10H,2,5,8-9,11H2,1H3. The van der Waals surface area contributed by atoms with Crippen molar-refractivity contribution in [3.8, 4) is 0 Å². The molecule has 0 amide bonds. The minimum absolute atomic E-state index is 0.0870. The van der Waals surface area contributed by atoms with Gasteiger partial charge in [0.15, 0.2) is 0 Å². The number of aryl methyl sites for hydroxylation is 1. The van der Waals surface area contributed by atoms with E-state index < -0.39 is 0 Å². The molecular weight excluding hydrogens is 308 g/mol. The highest BCUT2D eigenvalue weighted by atomic mass is 32.1. The molecule has 0 N–H and O–H groups in total. The molecule has 118 valence electrons. The molecule has 3 heterocycles. The lowest BCUT2D eigenvalue weighted by molar-refractivity contribution is 0.787. The fraction of sp³-hybridized carbons (Fsp3) is 0.353. The summed E-state index contributed by atoms with van der Waals surface area (Å²) in [5, 5.41) is 5.33. The van der Waals surface area contributed by atoms with Crippen LogP contribution in [0.3, 0.4) is 0 Å². The van der Waals surface area contributed by atoms with Crippen molar-refractivity contribution >= 4 is 22.0 Å². The third-order valence-electron chi connectivity index (χ3n) is 4.14. The van der Waals surface area contributed by atoms with E-state index in [0.29, 0.717) is 11.5 Å². The van der Waals surface area contributed by atoms with Gasteiger partial charge in [0, 0.05) is 24.7 Å². The maximum atomic E-state index is 12.3.